The van der Waals surface area contributed by atoms with Crippen LogP contribution in [0.25, 0.3) is 0 Å². The number of hydrogen-bond donors (Lipinski definition) is 5. The van der Waals surface area contributed by atoms with Crippen molar-refractivity contribution in [3.05, 3.63) is 11.6 Å². The Morgan fingerprint density at radius 2 is 1.88 bits per heavy atom. The summed E-state index contributed by atoms with van der Waals surface area (Å²) in [5.41, 5.74) is -2.87. The summed E-state index contributed by atoms with van der Waals surface area (Å²) < 4.78 is 16.8. The van der Waals surface area contributed by atoms with Gasteiger partial charge in [-0.2, -0.15) is 0 Å². The Morgan fingerprint density at radius 3 is 2.45 bits per heavy atom. The van der Waals surface area contributed by atoms with Gasteiger partial charge in [0.15, 0.2) is 11.6 Å². The van der Waals surface area contributed by atoms with Crippen LogP contribution in [0.2, 0.25) is 0 Å². The number of phosphoric acid groups is 1. The van der Waals surface area contributed by atoms with Crippen LogP contribution in [-0.4, -0.2) is 120 Å². The second-order valence-corrected chi connectivity index (χ2v) is 11.4. The number of Topliss-reactive ketones (excluding diaryl/α,β-unsaturated/α-hetero) is 1. The van der Waals surface area contributed by atoms with Crippen molar-refractivity contribution in [2.75, 3.05) is 6.61 Å². The van der Waals surface area contributed by atoms with Gasteiger partial charge in [0, 0.05) is 17.3 Å². The summed E-state index contributed by atoms with van der Waals surface area (Å²) in [6, 6.07) is 0. The van der Waals surface area contributed by atoms with E-state index in [1.54, 1.807) is 13.8 Å². The fourth-order valence-electron chi connectivity index (χ4n) is 7.61. The first-order valence-corrected chi connectivity index (χ1v) is 12.3. The van der Waals surface area contributed by atoms with Gasteiger partial charge in [-0.05, 0) is 55.9 Å². The summed E-state index contributed by atoms with van der Waals surface area (Å²) in [6.07, 6.45) is 1.28. The zero-order valence-corrected chi connectivity index (χ0v) is 18.6. The van der Waals surface area contributed by atoms with Gasteiger partial charge >= 0.3 is 66.9 Å². The Balaban J connectivity index is 0.00000193. The quantitative estimate of drug-likeness (QED) is 0.252. The predicted octanol–water partition coefficient (Wildman–Crippen LogP) is -0.428. The van der Waals surface area contributed by atoms with Crippen LogP contribution in [-0.2, 0) is 18.7 Å². The number of phosphoric ester groups is 1. The number of rotatable bonds is 4. The van der Waals surface area contributed by atoms with Crippen molar-refractivity contribution < 1.29 is 43.8 Å². The molecule has 12 heteroatoms. The van der Waals surface area contributed by atoms with Gasteiger partial charge in [-0.15, -0.1) is 0 Å². The monoisotopic (exact) mass is 506 g/mol. The summed E-state index contributed by atoms with van der Waals surface area (Å²) in [6.45, 7) is 2.82. The van der Waals surface area contributed by atoms with Crippen LogP contribution >= 0.6 is 7.82 Å². The number of carbonyl (C=O) groups is 2. The Hall–Kier alpha value is 1.07. The molecule has 0 aromatic rings. The third kappa shape index (κ3) is 4.63. The number of hydrogen-bond acceptors (Lipinski definition) is 7. The van der Waals surface area contributed by atoms with Gasteiger partial charge in [-0.3, -0.25) is 14.1 Å². The van der Waals surface area contributed by atoms with E-state index in [2.05, 4.69) is 0 Å². The van der Waals surface area contributed by atoms with E-state index in [1.807, 2.05) is 0 Å². The normalized spacial score (nSPS) is 44.4. The molecule has 5 N–H and O–H groups in total. The van der Waals surface area contributed by atoms with Gasteiger partial charge in [-0.1, -0.05) is 19.4 Å². The standard InChI is InChI=1S/C21H31O9P.2Na.2H/c1-19-9-15(24)18-13(14(19)5-6-21(19,26)16(25)10-22)4-3-11-7-12(23)8-17(20(11,18)2)30-31(27,28)29;;;;/h7,13-15,17-18,22,24,26H,3-6,8-10H2,1-2H3,(H2,27,28,29);;;;/t13-,14-,15-,17?,18+,19-,20+,21-;;;;/m0..../s1. The number of carbonyl (C=O) groups excluding carboxylic acids is 2. The third-order valence-corrected chi connectivity index (χ3v) is 9.53. The van der Waals surface area contributed by atoms with Gasteiger partial charge in [0.1, 0.15) is 12.2 Å². The van der Waals surface area contributed by atoms with Crippen LogP contribution in [0, 0.1) is 28.6 Å². The van der Waals surface area contributed by atoms with Crippen molar-refractivity contribution in [1.29, 1.82) is 0 Å². The van der Waals surface area contributed by atoms with E-state index in [4.69, 9.17) is 4.52 Å². The molecule has 3 fully saturated rings. The molecule has 9 nitrogen and oxygen atoms in total. The molecule has 0 aliphatic heterocycles. The first kappa shape index (κ1) is 30.3. The Kier molecular flexibility index (Phi) is 9.26. The summed E-state index contributed by atoms with van der Waals surface area (Å²) in [5.74, 6) is -1.59. The van der Waals surface area contributed by atoms with E-state index in [1.165, 1.54) is 6.08 Å². The SMILES string of the molecule is C[C@]12C[C@H](O)[C@H]3[C@@H](CCC4=CC(=O)CC(OP(=O)(O)O)[C@@]43C)[C@@H]1CC[C@]2(O)C(=O)CO.[NaH].[NaH]. The molecule has 33 heavy (non-hydrogen) atoms. The molecule has 3 saturated carbocycles. The minimum atomic E-state index is -4.88. The molecule has 178 valence electrons. The van der Waals surface area contributed by atoms with Crippen LogP contribution in [0.15, 0.2) is 11.6 Å². The van der Waals surface area contributed by atoms with E-state index in [9.17, 15) is 39.3 Å². The van der Waals surface area contributed by atoms with Crippen LogP contribution < -0.4 is 0 Å². The molecule has 4 aliphatic rings. The molecule has 4 rings (SSSR count). The summed E-state index contributed by atoms with van der Waals surface area (Å²) in [5, 5.41) is 32.0. The third-order valence-electron chi connectivity index (χ3n) is 9.00. The summed E-state index contributed by atoms with van der Waals surface area (Å²) in [7, 11) is -4.88. The topological polar surface area (TPSA) is 162 Å². The molecule has 0 radical (unpaired) electrons. The van der Waals surface area contributed by atoms with Crippen molar-refractivity contribution in [3.8, 4) is 0 Å². The molecule has 0 amide bonds. The molecular formula is C21H33Na2O9P. The molecule has 8 atom stereocenters. The number of aliphatic hydroxyl groups excluding tert-OH is 2. The average molecular weight is 506 g/mol. The summed E-state index contributed by atoms with van der Waals surface area (Å²) in [4.78, 5) is 43.7. The van der Waals surface area contributed by atoms with Gasteiger partial charge in [0.25, 0.3) is 0 Å². The number of fused-ring (bicyclic) bond motifs is 5. The van der Waals surface area contributed by atoms with E-state index < -0.39 is 54.8 Å². The number of aliphatic hydroxyl groups is 3. The molecule has 0 saturated heterocycles. The van der Waals surface area contributed by atoms with Gasteiger partial charge < -0.3 is 25.1 Å². The van der Waals surface area contributed by atoms with Crippen molar-refractivity contribution in [3.63, 3.8) is 0 Å². The minimum absolute atomic E-state index is 0. The van der Waals surface area contributed by atoms with E-state index in [0.29, 0.717) is 19.3 Å². The molecule has 0 bridgehead atoms. The number of ketones is 2. The van der Waals surface area contributed by atoms with Gasteiger partial charge in [-0.25, -0.2) is 4.57 Å². The van der Waals surface area contributed by atoms with Crippen molar-refractivity contribution in [2.45, 2.75) is 70.2 Å². The molecule has 1 unspecified atom stereocenters. The zero-order chi connectivity index (χ0) is 23.0. The predicted molar refractivity (Wildman–Crippen MR) is 122 cm³/mol. The maximum atomic E-state index is 12.5. The van der Waals surface area contributed by atoms with Gasteiger partial charge in [0.05, 0.1) is 12.2 Å². The molecule has 0 spiro atoms. The van der Waals surface area contributed by atoms with Crippen LogP contribution in [0.5, 0.6) is 0 Å². The fourth-order valence-corrected chi connectivity index (χ4v) is 8.23. The molecule has 0 aromatic carbocycles. The first-order chi connectivity index (χ1) is 14.3. The van der Waals surface area contributed by atoms with Crippen LogP contribution in [0.4, 0.5) is 0 Å². The van der Waals surface area contributed by atoms with Crippen molar-refractivity contribution >= 4 is 78.5 Å². The molecule has 4 aliphatic carbocycles. The Morgan fingerprint density at radius 1 is 1.24 bits per heavy atom. The summed E-state index contributed by atoms with van der Waals surface area (Å²) >= 11 is 0. The second kappa shape index (κ2) is 10.1. The van der Waals surface area contributed by atoms with Crippen molar-refractivity contribution in [2.24, 2.45) is 28.6 Å². The Bertz CT molecular complexity index is 891. The maximum absolute atomic E-state index is 12.5. The van der Waals surface area contributed by atoms with Gasteiger partial charge in [0.2, 0.25) is 0 Å². The average Bonchev–Trinajstić information content (AvgIpc) is 2.92. The van der Waals surface area contributed by atoms with Crippen molar-refractivity contribution in [1.82, 2.24) is 0 Å². The molecule has 0 aromatic heterocycles. The van der Waals surface area contributed by atoms with Crippen LogP contribution in [0.1, 0.15) is 52.4 Å². The zero-order valence-electron chi connectivity index (χ0n) is 17.7. The first-order valence-electron chi connectivity index (χ1n) is 10.8. The molecular weight excluding hydrogens is 473 g/mol. The Labute approximate surface area is 237 Å². The van der Waals surface area contributed by atoms with Crippen LogP contribution in [0.3, 0.4) is 0 Å². The van der Waals surface area contributed by atoms with E-state index in [-0.39, 0.29) is 96.0 Å². The fraction of sp³-hybridized carbons (Fsp3) is 0.810. The van der Waals surface area contributed by atoms with E-state index in [0.717, 1.165) is 5.57 Å². The molecule has 0 heterocycles. The van der Waals surface area contributed by atoms with E-state index >= 15 is 0 Å². The second-order valence-electron chi connectivity index (χ2n) is 10.2.